The number of piperidine rings is 1. The highest BCUT2D eigenvalue weighted by molar-refractivity contribution is 7.44. The zero-order chi connectivity index (χ0) is 41.8. The van der Waals surface area contributed by atoms with Gasteiger partial charge < -0.3 is 32.9 Å². The minimum Gasteiger partial charge on any atom is -0.497 e. The molecule has 308 valence electrons. The maximum Gasteiger partial charge on any atom is 0.330 e. The molecule has 0 radical (unpaired) electrons. The van der Waals surface area contributed by atoms with Crippen molar-refractivity contribution < 1.29 is 32.8 Å². The number of carbonyl (C=O) groups is 1. The third kappa shape index (κ3) is 8.21. The average molecular weight is 814 g/mol. The van der Waals surface area contributed by atoms with E-state index in [1.165, 1.54) is 10.8 Å². The standard InChI is InChI=1S/C43H52N5O9P/c1-28(2)48(29(3)4)58(55-24-12-23-44)57-38-37-40(47-26-30(5)39(50)45-41(47)51)56-42(38,25-36(49)46(37)6)27-54-43(31-13-10-9-11-14-31,32-15-19-34(52-7)20-16-32)33-17-21-35(53-8)22-18-33/h9-11,13-22,26,28-29,37-38,40H,12,24-25,27H2,1-8H3,(H,45,50,51)/t37-,38+,40-,42-,58?/m1/s1. The molecule has 0 saturated carbocycles. The first-order valence-electron chi connectivity index (χ1n) is 19.3. The van der Waals surface area contributed by atoms with Crippen LogP contribution >= 0.6 is 8.53 Å². The van der Waals surface area contributed by atoms with Gasteiger partial charge in [0.25, 0.3) is 14.1 Å². The minimum atomic E-state index is -1.87. The highest BCUT2D eigenvalue weighted by Crippen LogP contribution is 2.56. The molecule has 3 aromatic carbocycles. The fraction of sp³-hybridized carbons (Fsp3) is 0.442. The topological polar surface area (TPSA) is 158 Å². The number of nitrogens with zero attached hydrogens (tertiary/aromatic N) is 4. The summed E-state index contributed by atoms with van der Waals surface area (Å²) in [5, 5.41) is 9.44. The van der Waals surface area contributed by atoms with Gasteiger partial charge >= 0.3 is 5.69 Å². The Balaban J connectivity index is 1.56. The molecule has 3 heterocycles. The molecule has 2 bridgehead atoms. The number of likely N-dealkylation sites (N-methyl/N-ethyl adjacent to an activating group) is 1. The van der Waals surface area contributed by atoms with Crippen LogP contribution in [0.2, 0.25) is 0 Å². The van der Waals surface area contributed by atoms with Gasteiger partial charge in [0.2, 0.25) is 5.91 Å². The SMILES string of the molecule is COc1ccc(C(OC[C@@]23CC(=O)N(C)[C@@H]([C@H](n4cc(C)c(=O)[nH]c4=O)O2)[C@@H]3OP(OCCC#N)N(C(C)C)C(C)C)(c2ccccc2)c2ccc(OC)cc2)cc1. The Kier molecular flexibility index (Phi) is 13.2. The predicted octanol–water partition coefficient (Wildman–Crippen LogP) is 6.03. The van der Waals surface area contributed by atoms with E-state index in [1.807, 2.05) is 107 Å². The predicted molar refractivity (Wildman–Crippen MR) is 218 cm³/mol. The molecule has 14 nitrogen and oxygen atoms in total. The molecular formula is C43H52N5O9P. The lowest BCUT2D eigenvalue weighted by molar-refractivity contribution is -0.171. The number of nitriles is 1. The number of aryl methyl sites for hydroxylation is 1. The number of nitrogens with one attached hydrogen (secondary N) is 1. The number of H-pyrrole nitrogens is 1. The number of fused-ring (bicyclic) bond motifs is 2. The van der Waals surface area contributed by atoms with Gasteiger partial charge in [-0.15, -0.1) is 0 Å². The summed E-state index contributed by atoms with van der Waals surface area (Å²) >= 11 is 0. The zero-order valence-electron chi connectivity index (χ0n) is 34.2. The van der Waals surface area contributed by atoms with Crippen LogP contribution in [0.4, 0.5) is 0 Å². The van der Waals surface area contributed by atoms with Gasteiger partial charge in [-0.2, -0.15) is 5.26 Å². The number of likely N-dealkylation sites (tertiary alicyclic amines) is 1. The van der Waals surface area contributed by atoms with E-state index in [9.17, 15) is 19.6 Å². The van der Waals surface area contributed by atoms with Crippen LogP contribution in [0.1, 0.15) is 69.0 Å². The molecule has 2 aliphatic rings. The van der Waals surface area contributed by atoms with E-state index in [4.69, 9.17) is 28.0 Å². The van der Waals surface area contributed by atoms with Crippen molar-refractivity contribution in [3.63, 3.8) is 0 Å². The Morgan fingerprint density at radius 3 is 2.03 bits per heavy atom. The second kappa shape index (κ2) is 18.0. The quantitative estimate of drug-likeness (QED) is 0.0754. The number of hydrogen-bond donors (Lipinski definition) is 1. The molecule has 5 atom stereocenters. The van der Waals surface area contributed by atoms with E-state index < -0.39 is 49.4 Å². The third-order valence-corrected chi connectivity index (χ3v) is 12.9. The molecular weight excluding hydrogens is 761 g/mol. The molecule has 2 aliphatic heterocycles. The van der Waals surface area contributed by atoms with Gasteiger partial charge in [0.1, 0.15) is 34.8 Å². The molecule has 2 saturated heterocycles. The van der Waals surface area contributed by atoms with Crippen LogP contribution in [-0.4, -0.2) is 89.3 Å². The first kappa shape index (κ1) is 42.7. The average Bonchev–Trinajstić information content (AvgIpc) is 3.46. The fourth-order valence-electron chi connectivity index (χ4n) is 7.94. The molecule has 0 spiro atoms. The van der Waals surface area contributed by atoms with Crippen LogP contribution in [0.3, 0.4) is 0 Å². The summed E-state index contributed by atoms with van der Waals surface area (Å²) in [6.07, 6.45) is -0.600. The van der Waals surface area contributed by atoms with Gasteiger partial charge in [-0.3, -0.25) is 19.1 Å². The Labute approximate surface area is 340 Å². The molecule has 1 unspecified atom stereocenters. The van der Waals surface area contributed by atoms with E-state index in [0.29, 0.717) is 11.5 Å². The van der Waals surface area contributed by atoms with Crippen LogP contribution in [0, 0.1) is 18.3 Å². The van der Waals surface area contributed by atoms with E-state index >= 15 is 0 Å². The van der Waals surface area contributed by atoms with Gasteiger partial charge in [0.15, 0.2) is 6.23 Å². The largest absolute Gasteiger partial charge is 0.497 e. The minimum absolute atomic E-state index is 0.0296. The van der Waals surface area contributed by atoms with Crippen molar-refractivity contribution >= 4 is 14.4 Å². The van der Waals surface area contributed by atoms with Crippen molar-refractivity contribution in [2.75, 3.05) is 34.5 Å². The monoisotopic (exact) mass is 813 g/mol. The number of methoxy groups -OCH3 is 2. The van der Waals surface area contributed by atoms with E-state index in [0.717, 1.165) is 16.7 Å². The molecule has 1 N–H and O–H groups in total. The van der Waals surface area contributed by atoms with Crippen LogP contribution in [0.5, 0.6) is 11.5 Å². The fourth-order valence-corrected chi connectivity index (χ4v) is 9.76. The van der Waals surface area contributed by atoms with Crippen molar-refractivity contribution in [3.8, 4) is 17.6 Å². The molecule has 58 heavy (non-hydrogen) atoms. The Hall–Kier alpha value is -4.87. The Bertz CT molecular complexity index is 2130. The summed E-state index contributed by atoms with van der Waals surface area (Å²) in [5.41, 5.74) is -1.39. The molecule has 1 amide bonds. The summed E-state index contributed by atoms with van der Waals surface area (Å²) in [5.74, 6) is 1.07. The molecule has 0 aliphatic carbocycles. The van der Waals surface area contributed by atoms with Gasteiger partial charge in [-0.05, 0) is 75.6 Å². The van der Waals surface area contributed by atoms with Crippen LogP contribution in [0.15, 0.2) is 94.6 Å². The Morgan fingerprint density at radius 1 is 0.931 bits per heavy atom. The van der Waals surface area contributed by atoms with Crippen LogP contribution in [-0.2, 0) is 28.9 Å². The van der Waals surface area contributed by atoms with Gasteiger partial charge in [-0.25, -0.2) is 9.46 Å². The van der Waals surface area contributed by atoms with E-state index in [-0.39, 0.29) is 49.6 Å². The van der Waals surface area contributed by atoms with Crippen molar-refractivity contribution in [1.82, 2.24) is 19.1 Å². The highest BCUT2D eigenvalue weighted by atomic mass is 31.2. The summed E-state index contributed by atoms with van der Waals surface area (Å²) in [6.45, 7) is 9.67. The smallest absolute Gasteiger partial charge is 0.330 e. The first-order valence-corrected chi connectivity index (χ1v) is 20.4. The second-order valence-electron chi connectivity index (χ2n) is 15.1. The van der Waals surface area contributed by atoms with Crippen molar-refractivity contribution in [2.24, 2.45) is 0 Å². The molecule has 4 aromatic rings. The highest BCUT2D eigenvalue weighted by Gasteiger charge is 2.65. The lowest BCUT2D eigenvalue weighted by Gasteiger charge is -2.46. The van der Waals surface area contributed by atoms with Crippen LogP contribution in [0.25, 0.3) is 0 Å². The van der Waals surface area contributed by atoms with Crippen molar-refractivity contribution in [1.29, 1.82) is 5.26 Å². The number of hydrogen-bond acceptors (Lipinski definition) is 11. The number of amides is 1. The number of aromatic amines is 1. The molecule has 15 heteroatoms. The number of ether oxygens (including phenoxy) is 4. The van der Waals surface area contributed by atoms with Crippen molar-refractivity contribution in [2.45, 2.75) is 89.1 Å². The maximum absolute atomic E-state index is 14.2. The summed E-state index contributed by atoms with van der Waals surface area (Å²) in [4.78, 5) is 44.3. The molecule has 1 aromatic heterocycles. The molecule has 6 rings (SSSR count). The van der Waals surface area contributed by atoms with Gasteiger partial charge in [0, 0.05) is 30.9 Å². The van der Waals surface area contributed by atoms with E-state index in [1.54, 1.807) is 33.1 Å². The van der Waals surface area contributed by atoms with Gasteiger partial charge in [0.05, 0.1) is 46.3 Å². The number of rotatable bonds is 17. The molecule has 2 fully saturated rings. The Morgan fingerprint density at radius 2 is 1.50 bits per heavy atom. The summed E-state index contributed by atoms with van der Waals surface area (Å²) < 4.78 is 42.5. The number of benzene rings is 3. The zero-order valence-corrected chi connectivity index (χ0v) is 35.1. The van der Waals surface area contributed by atoms with E-state index in [2.05, 4.69) is 15.7 Å². The number of aromatic nitrogens is 2. The lowest BCUT2D eigenvalue weighted by Crippen LogP contribution is -2.61. The summed E-state index contributed by atoms with van der Waals surface area (Å²) in [7, 11) is 3.00. The maximum atomic E-state index is 14.2. The van der Waals surface area contributed by atoms with Gasteiger partial charge in [-0.1, -0.05) is 54.6 Å². The second-order valence-corrected chi connectivity index (χ2v) is 16.5. The lowest BCUT2D eigenvalue weighted by atomic mass is 9.79. The summed E-state index contributed by atoms with van der Waals surface area (Å²) in [6, 6.07) is 26.2. The normalized spacial score (nSPS) is 21.1. The first-order chi connectivity index (χ1) is 27.8. The third-order valence-electron chi connectivity index (χ3n) is 10.8. The van der Waals surface area contributed by atoms with Crippen LogP contribution < -0.4 is 20.7 Å². The van der Waals surface area contributed by atoms with Crippen molar-refractivity contribution in [3.05, 3.63) is 128 Å². The number of carbonyl (C=O) groups excluding carboxylic acids is 1.